The molecule has 3 nitrogen and oxygen atoms in total. The Morgan fingerprint density at radius 3 is 2.61 bits per heavy atom. The average Bonchev–Trinajstić information content (AvgIpc) is 2.68. The zero-order valence-electron chi connectivity index (χ0n) is 12.6. The highest BCUT2D eigenvalue weighted by Gasteiger charge is 2.71. The average molecular weight is 255 g/mol. The summed E-state index contributed by atoms with van der Waals surface area (Å²) < 4.78 is 11.0. The normalized spacial score (nSPS) is 36.8. The Bertz CT molecular complexity index is 301. The van der Waals surface area contributed by atoms with Crippen LogP contribution < -0.4 is 5.32 Å². The van der Waals surface area contributed by atoms with Gasteiger partial charge >= 0.3 is 0 Å². The molecule has 0 radical (unpaired) electrons. The van der Waals surface area contributed by atoms with Gasteiger partial charge in [-0.15, -0.1) is 0 Å². The van der Waals surface area contributed by atoms with Gasteiger partial charge in [-0.3, -0.25) is 0 Å². The molecule has 2 aliphatic rings. The maximum atomic E-state index is 5.89. The number of rotatable bonds is 5. The lowest BCUT2D eigenvalue weighted by molar-refractivity contribution is -0.0882. The molecule has 2 unspecified atom stereocenters. The van der Waals surface area contributed by atoms with E-state index in [4.69, 9.17) is 9.47 Å². The highest BCUT2D eigenvalue weighted by molar-refractivity contribution is 5.19. The summed E-state index contributed by atoms with van der Waals surface area (Å²) in [6.07, 6.45) is 2.42. The van der Waals surface area contributed by atoms with Crippen LogP contribution in [0.25, 0.3) is 0 Å². The molecule has 2 atom stereocenters. The first-order chi connectivity index (χ1) is 8.36. The number of ether oxygens (including phenoxy) is 2. The minimum Gasteiger partial charge on any atom is -0.383 e. The molecule has 1 spiro atoms. The van der Waals surface area contributed by atoms with Gasteiger partial charge in [0, 0.05) is 20.3 Å². The van der Waals surface area contributed by atoms with Crippen LogP contribution in [0.4, 0.5) is 0 Å². The van der Waals surface area contributed by atoms with Gasteiger partial charge in [0.05, 0.1) is 12.2 Å². The smallest absolute Gasteiger partial charge is 0.0632 e. The number of hydrogen-bond acceptors (Lipinski definition) is 3. The third kappa shape index (κ3) is 2.33. The van der Waals surface area contributed by atoms with Gasteiger partial charge in [0.15, 0.2) is 0 Å². The van der Waals surface area contributed by atoms with Crippen LogP contribution in [0.15, 0.2) is 0 Å². The summed E-state index contributed by atoms with van der Waals surface area (Å²) in [6, 6.07) is 0. The van der Waals surface area contributed by atoms with E-state index in [0.29, 0.717) is 10.8 Å². The van der Waals surface area contributed by atoms with E-state index < -0.39 is 0 Å². The molecule has 3 heteroatoms. The molecular weight excluding hydrogens is 226 g/mol. The van der Waals surface area contributed by atoms with Crippen molar-refractivity contribution < 1.29 is 9.47 Å². The zero-order valence-corrected chi connectivity index (χ0v) is 12.6. The molecule has 1 heterocycles. The Balaban J connectivity index is 1.92. The van der Waals surface area contributed by atoms with E-state index in [1.807, 2.05) is 0 Å². The Kier molecular flexibility index (Phi) is 3.79. The number of hydrogen-bond donors (Lipinski definition) is 1. The summed E-state index contributed by atoms with van der Waals surface area (Å²) >= 11 is 0. The lowest BCUT2D eigenvalue weighted by Gasteiger charge is -2.38. The predicted octanol–water partition coefficient (Wildman–Crippen LogP) is 2.45. The Morgan fingerprint density at radius 2 is 2.00 bits per heavy atom. The van der Waals surface area contributed by atoms with Gasteiger partial charge in [0.1, 0.15) is 0 Å². The van der Waals surface area contributed by atoms with Crippen molar-refractivity contribution in [2.75, 3.05) is 33.4 Å². The second-order valence-electron chi connectivity index (χ2n) is 7.16. The minimum absolute atomic E-state index is 0.0524. The van der Waals surface area contributed by atoms with Crippen molar-refractivity contribution in [3.63, 3.8) is 0 Å². The van der Waals surface area contributed by atoms with Crippen LogP contribution in [0.1, 0.15) is 40.5 Å². The summed E-state index contributed by atoms with van der Waals surface area (Å²) in [5.41, 5.74) is 1.000. The fraction of sp³-hybridized carbons (Fsp3) is 1.00. The Labute approximate surface area is 112 Å². The van der Waals surface area contributed by atoms with Crippen molar-refractivity contribution in [2.24, 2.45) is 16.7 Å². The van der Waals surface area contributed by atoms with Crippen molar-refractivity contribution in [3.05, 3.63) is 0 Å². The van der Waals surface area contributed by atoms with E-state index in [2.05, 4.69) is 33.0 Å². The molecule has 0 aromatic carbocycles. The van der Waals surface area contributed by atoms with E-state index in [-0.39, 0.29) is 5.60 Å². The summed E-state index contributed by atoms with van der Waals surface area (Å²) in [5.74, 6) is 0.782. The van der Waals surface area contributed by atoms with Gasteiger partial charge in [0.2, 0.25) is 0 Å². The maximum Gasteiger partial charge on any atom is 0.0632 e. The molecule has 18 heavy (non-hydrogen) atoms. The summed E-state index contributed by atoms with van der Waals surface area (Å²) in [6.45, 7) is 13.1. The van der Waals surface area contributed by atoms with Crippen molar-refractivity contribution in [1.29, 1.82) is 0 Å². The quantitative estimate of drug-likeness (QED) is 0.766. The van der Waals surface area contributed by atoms with Crippen LogP contribution in [0.3, 0.4) is 0 Å². The Hall–Kier alpha value is -0.120. The van der Waals surface area contributed by atoms with E-state index in [0.717, 1.165) is 32.2 Å². The SMILES string of the molecule is COCCNCC1C(C)(C)C12CCOC(C)(C)C2. The van der Waals surface area contributed by atoms with E-state index >= 15 is 0 Å². The molecule has 2 fully saturated rings. The molecular formula is C15H29NO2. The first-order valence-corrected chi connectivity index (χ1v) is 7.19. The second kappa shape index (κ2) is 4.77. The summed E-state index contributed by atoms with van der Waals surface area (Å²) in [7, 11) is 1.76. The largest absolute Gasteiger partial charge is 0.383 e. The van der Waals surface area contributed by atoms with Crippen molar-refractivity contribution in [3.8, 4) is 0 Å². The van der Waals surface area contributed by atoms with Crippen LogP contribution in [0, 0.1) is 16.7 Å². The van der Waals surface area contributed by atoms with Gasteiger partial charge < -0.3 is 14.8 Å². The molecule has 2 rings (SSSR count). The lowest BCUT2D eigenvalue weighted by atomic mass is 9.80. The zero-order chi connectivity index (χ0) is 13.4. The maximum absolute atomic E-state index is 5.89. The predicted molar refractivity (Wildman–Crippen MR) is 73.7 cm³/mol. The first kappa shape index (κ1) is 14.3. The number of nitrogens with one attached hydrogen (secondary N) is 1. The fourth-order valence-corrected chi connectivity index (χ4v) is 4.19. The third-order valence-corrected chi connectivity index (χ3v) is 5.35. The van der Waals surface area contributed by atoms with E-state index in [1.165, 1.54) is 12.8 Å². The van der Waals surface area contributed by atoms with E-state index in [9.17, 15) is 0 Å². The van der Waals surface area contributed by atoms with Crippen molar-refractivity contribution in [1.82, 2.24) is 5.32 Å². The lowest BCUT2D eigenvalue weighted by Crippen LogP contribution is -2.37. The number of methoxy groups -OCH3 is 1. The molecule has 0 bridgehead atoms. The van der Waals surface area contributed by atoms with Crippen LogP contribution >= 0.6 is 0 Å². The molecule has 0 amide bonds. The first-order valence-electron chi connectivity index (χ1n) is 7.19. The summed E-state index contributed by atoms with van der Waals surface area (Å²) in [4.78, 5) is 0. The molecule has 0 aromatic heterocycles. The molecule has 0 aromatic rings. The molecule has 1 saturated carbocycles. The fourth-order valence-electron chi connectivity index (χ4n) is 4.19. The van der Waals surface area contributed by atoms with Gasteiger partial charge in [-0.1, -0.05) is 13.8 Å². The van der Waals surface area contributed by atoms with Crippen molar-refractivity contribution >= 4 is 0 Å². The minimum atomic E-state index is 0.0524. The van der Waals surface area contributed by atoms with Gasteiger partial charge in [-0.05, 0) is 50.0 Å². The molecule has 106 valence electrons. The second-order valence-corrected chi connectivity index (χ2v) is 7.16. The van der Waals surface area contributed by atoms with Crippen molar-refractivity contribution in [2.45, 2.75) is 46.1 Å². The van der Waals surface area contributed by atoms with Crippen LogP contribution in [-0.2, 0) is 9.47 Å². The molecule has 1 saturated heterocycles. The monoisotopic (exact) mass is 255 g/mol. The highest BCUT2D eigenvalue weighted by Crippen LogP contribution is 2.74. The highest BCUT2D eigenvalue weighted by atomic mass is 16.5. The standard InChI is InChI=1S/C15H29NO2/c1-13(2)11-15(6-8-18-13)12(14(15,3)4)10-16-7-9-17-5/h12,16H,6-11H2,1-5H3. The Morgan fingerprint density at radius 1 is 1.28 bits per heavy atom. The molecule has 1 aliphatic heterocycles. The van der Waals surface area contributed by atoms with Crippen LogP contribution in [0.5, 0.6) is 0 Å². The molecule has 1 N–H and O–H groups in total. The van der Waals surface area contributed by atoms with E-state index in [1.54, 1.807) is 7.11 Å². The van der Waals surface area contributed by atoms with Gasteiger partial charge in [-0.2, -0.15) is 0 Å². The topological polar surface area (TPSA) is 30.5 Å². The third-order valence-electron chi connectivity index (χ3n) is 5.35. The van der Waals surface area contributed by atoms with Crippen LogP contribution in [-0.4, -0.2) is 39.0 Å². The van der Waals surface area contributed by atoms with Crippen LogP contribution in [0.2, 0.25) is 0 Å². The summed E-state index contributed by atoms with van der Waals surface area (Å²) in [5, 5.41) is 3.54. The molecule has 1 aliphatic carbocycles. The van der Waals surface area contributed by atoms with Gasteiger partial charge in [0.25, 0.3) is 0 Å². The van der Waals surface area contributed by atoms with Gasteiger partial charge in [-0.25, -0.2) is 0 Å².